The summed E-state index contributed by atoms with van der Waals surface area (Å²) in [5, 5.41) is 13.8. The minimum atomic E-state index is -0.517. The average Bonchev–Trinajstić information content (AvgIpc) is 2.26. The topological polar surface area (TPSA) is 32.3 Å². The number of rotatable bonds is 2. The minimum absolute atomic E-state index is 0.517. The van der Waals surface area contributed by atoms with Crippen LogP contribution in [0.25, 0.3) is 0 Å². The Morgan fingerprint density at radius 3 is 2.75 bits per heavy atom. The zero-order valence-electron chi connectivity index (χ0n) is 9.59. The Hall–Kier alpha value is -0.380. The van der Waals surface area contributed by atoms with Crippen molar-refractivity contribution in [3.05, 3.63) is 33.8 Å². The van der Waals surface area contributed by atoms with Crippen LogP contribution in [0.2, 0.25) is 0 Å². The molecular weight excluding hydrogens is 266 g/mol. The van der Waals surface area contributed by atoms with Gasteiger partial charge in [0.15, 0.2) is 0 Å². The van der Waals surface area contributed by atoms with E-state index in [4.69, 9.17) is 0 Å². The van der Waals surface area contributed by atoms with Crippen molar-refractivity contribution in [2.75, 3.05) is 13.1 Å². The lowest BCUT2D eigenvalue weighted by Gasteiger charge is -2.33. The molecule has 1 aliphatic rings. The fourth-order valence-electron chi connectivity index (χ4n) is 2.27. The molecule has 2 N–H and O–H groups in total. The Labute approximate surface area is 105 Å². The summed E-state index contributed by atoms with van der Waals surface area (Å²) in [6, 6.07) is 6.20. The van der Waals surface area contributed by atoms with Gasteiger partial charge in [-0.25, -0.2) is 0 Å². The first-order valence-electron chi connectivity index (χ1n) is 5.78. The third kappa shape index (κ3) is 2.65. The predicted octanol–water partition coefficient (Wildman–Crippen LogP) is 2.41. The van der Waals surface area contributed by atoms with Crippen LogP contribution in [0.4, 0.5) is 0 Å². The van der Waals surface area contributed by atoms with E-state index in [0.717, 1.165) is 36.8 Å². The van der Waals surface area contributed by atoms with Crippen LogP contribution in [0, 0.1) is 6.92 Å². The van der Waals surface area contributed by atoms with E-state index < -0.39 is 5.60 Å². The number of benzene rings is 1. The predicted molar refractivity (Wildman–Crippen MR) is 69.6 cm³/mol. The highest BCUT2D eigenvalue weighted by molar-refractivity contribution is 9.10. The van der Waals surface area contributed by atoms with Crippen LogP contribution in [-0.4, -0.2) is 23.8 Å². The fraction of sp³-hybridized carbons (Fsp3) is 0.538. The van der Waals surface area contributed by atoms with Gasteiger partial charge in [0, 0.05) is 10.9 Å². The lowest BCUT2D eigenvalue weighted by Crippen LogP contribution is -2.43. The second-order valence-corrected chi connectivity index (χ2v) is 5.53. The zero-order chi connectivity index (χ0) is 11.6. The lowest BCUT2D eigenvalue weighted by atomic mass is 9.85. The molecule has 0 spiro atoms. The zero-order valence-corrected chi connectivity index (χ0v) is 11.2. The van der Waals surface area contributed by atoms with Crippen LogP contribution < -0.4 is 5.32 Å². The van der Waals surface area contributed by atoms with E-state index in [9.17, 15) is 5.11 Å². The molecule has 88 valence electrons. The Morgan fingerprint density at radius 2 is 2.06 bits per heavy atom. The molecule has 2 nitrogen and oxygen atoms in total. The van der Waals surface area contributed by atoms with Crippen LogP contribution in [0.5, 0.6) is 0 Å². The van der Waals surface area contributed by atoms with Gasteiger partial charge in [-0.3, -0.25) is 0 Å². The summed E-state index contributed by atoms with van der Waals surface area (Å²) in [6.07, 6.45) is 2.46. The number of hydrogen-bond donors (Lipinski definition) is 2. The van der Waals surface area contributed by atoms with Crippen molar-refractivity contribution in [3.8, 4) is 0 Å². The smallest absolute Gasteiger partial charge is 0.0712 e. The molecule has 0 radical (unpaired) electrons. The number of piperidine rings is 1. The molecule has 1 aromatic carbocycles. The second-order valence-electron chi connectivity index (χ2n) is 4.68. The summed E-state index contributed by atoms with van der Waals surface area (Å²) >= 11 is 3.53. The van der Waals surface area contributed by atoms with Crippen molar-refractivity contribution in [1.29, 1.82) is 0 Å². The highest BCUT2D eigenvalue weighted by Crippen LogP contribution is 2.27. The summed E-state index contributed by atoms with van der Waals surface area (Å²) in [6.45, 7) is 3.94. The van der Waals surface area contributed by atoms with Gasteiger partial charge in [-0.1, -0.05) is 28.1 Å². The van der Waals surface area contributed by atoms with Crippen molar-refractivity contribution in [2.24, 2.45) is 0 Å². The molecule has 0 amide bonds. The molecule has 0 aromatic heterocycles. The summed E-state index contributed by atoms with van der Waals surface area (Å²) in [5.74, 6) is 0. The molecule has 0 atom stereocenters. The van der Waals surface area contributed by atoms with E-state index in [-0.39, 0.29) is 0 Å². The SMILES string of the molecule is Cc1c(Br)cccc1CC1(O)CCNCC1. The van der Waals surface area contributed by atoms with Crippen molar-refractivity contribution in [3.63, 3.8) is 0 Å². The third-order valence-corrected chi connectivity index (χ3v) is 4.29. The maximum Gasteiger partial charge on any atom is 0.0712 e. The van der Waals surface area contributed by atoms with Crippen LogP contribution in [-0.2, 0) is 6.42 Å². The molecule has 3 heteroatoms. The standard InChI is InChI=1S/C13H18BrNO/c1-10-11(3-2-4-12(10)14)9-13(16)5-7-15-8-6-13/h2-4,15-16H,5-9H2,1H3. The largest absolute Gasteiger partial charge is 0.389 e. The molecule has 1 saturated heterocycles. The Kier molecular flexibility index (Phi) is 3.67. The fourth-order valence-corrected chi connectivity index (χ4v) is 2.67. The van der Waals surface area contributed by atoms with Gasteiger partial charge in [-0.15, -0.1) is 0 Å². The molecule has 1 heterocycles. The van der Waals surface area contributed by atoms with Gasteiger partial charge >= 0.3 is 0 Å². The van der Waals surface area contributed by atoms with E-state index >= 15 is 0 Å². The average molecular weight is 284 g/mol. The van der Waals surface area contributed by atoms with Gasteiger partial charge < -0.3 is 10.4 Å². The van der Waals surface area contributed by atoms with E-state index in [1.807, 2.05) is 12.1 Å². The molecule has 1 aromatic rings. The van der Waals surface area contributed by atoms with E-state index in [1.54, 1.807) is 0 Å². The first-order chi connectivity index (χ1) is 7.61. The molecular formula is C13H18BrNO. The molecule has 0 saturated carbocycles. The first-order valence-corrected chi connectivity index (χ1v) is 6.57. The quantitative estimate of drug-likeness (QED) is 0.874. The Balaban J connectivity index is 2.16. The first kappa shape index (κ1) is 12.1. The van der Waals surface area contributed by atoms with E-state index in [1.165, 1.54) is 11.1 Å². The van der Waals surface area contributed by atoms with Gasteiger partial charge in [0.25, 0.3) is 0 Å². The van der Waals surface area contributed by atoms with Crippen LogP contribution in [0.15, 0.2) is 22.7 Å². The summed E-state index contributed by atoms with van der Waals surface area (Å²) < 4.78 is 1.13. The maximum atomic E-state index is 10.5. The Morgan fingerprint density at radius 1 is 1.38 bits per heavy atom. The number of nitrogens with one attached hydrogen (secondary N) is 1. The molecule has 0 bridgehead atoms. The van der Waals surface area contributed by atoms with Crippen molar-refractivity contribution in [2.45, 2.75) is 31.8 Å². The Bertz CT molecular complexity index is 372. The summed E-state index contributed by atoms with van der Waals surface area (Å²) in [5.41, 5.74) is 1.98. The van der Waals surface area contributed by atoms with Crippen LogP contribution in [0.3, 0.4) is 0 Å². The van der Waals surface area contributed by atoms with Crippen LogP contribution >= 0.6 is 15.9 Å². The molecule has 1 fully saturated rings. The van der Waals surface area contributed by atoms with Crippen molar-refractivity contribution in [1.82, 2.24) is 5.32 Å². The minimum Gasteiger partial charge on any atom is -0.389 e. The number of hydrogen-bond acceptors (Lipinski definition) is 2. The van der Waals surface area contributed by atoms with Gasteiger partial charge in [-0.05, 0) is 50.0 Å². The molecule has 0 aliphatic carbocycles. The van der Waals surface area contributed by atoms with Crippen molar-refractivity contribution < 1.29 is 5.11 Å². The molecule has 2 rings (SSSR count). The second kappa shape index (κ2) is 4.86. The summed E-state index contributed by atoms with van der Waals surface area (Å²) in [7, 11) is 0. The lowest BCUT2D eigenvalue weighted by molar-refractivity contribution is 0.0107. The van der Waals surface area contributed by atoms with Crippen LogP contribution in [0.1, 0.15) is 24.0 Å². The maximum absolute atomic E-state index is 10.5. The number of aliphatic hydroxyl groups is 1. The van der Waals surface area contributed by atoms with Gasteiger partial charge in [-0.2, -0.15) is 0 Å². The van der Waals surface area contributed by atoms with Crippen molar-refractivity contribution >= 4 is 15.9 Å². The van der Waals surface area contributed by atoms with E-state index in [2.05, 4.69) is 34.2 Å². The monoisotopic (exact) mass is 283 g/mol. The molecule has 0 unspecified atom stereocenters. The third-order valence-electron chi connectivity index (χ3n) is 3.43. The highest BCUT2D eigenvalue weighted by atomic mass is 79.9. The van der Waals surface area contributed by atoms with Gasteiger partial charge in [0.2, 0.25) is 0 Å². The normalized spacial score (nSPS) is 19.7. The van der Waals surface area contributed by atoms with E-state index in [0.29, 0.717) is 0 Å². The van der Waals surface area contributed by atoms with Gasteiger partial charge in [0.05, 0.1) is 5.60 Å². The summed E-state index contributed by atoms with van der Waals surface area (Å²) in [4.78, 5) is 0. The number of halogens is 1. The highest BCUT2D eigenvalue weighted by Gasteiger charge is 2.29. The molecule has 16 heavy (non-hydrogen) atoms. The van der Waals surface area contributed by atoms with Gasteiger partial charge in [0.1, 0.15) is 0 Å². The molecule has 1 aliphatic heterocycles.